The number of carbonyl (C=O) groups excluding carboxylic acids is 5. The molecule has 0 unspecified atom stereocenters. The van der Waals surface area contributed by atoms with E-state index in [1.165, 1.54) is 11.0 Å². The normalized spacial score (nSPS) is 21.0. The van der Waals surface area contributed by atoms with Gasteiger partial charge in [0.15, 0.2) is 5.60 Å². The van der Waals surface area contributed by atoms with Crippen molar-refractivity contribution in [2.24, 2.45) is 16.5 Å². The molecule has 288 valence electrons. The van der Waals surface area contributed by atoms with Crippen molar-refractivity contribution < 1.29 is 28.8 Å². The minimum Gasteiger partial charge on any atom is -0.387 e. The van der Waals surface area contributed by atoms with Crippen LogP contribution in [0.15, 0.2) is 47.6 Å². The Kier molecular flexibility index (Phi) is 12.8. The number of aryl methyl sites for hydroxylation is 1. The Morgan fingerprint density at radius 1 is 1.07 bits per heavy atom. The summed E-state index contributed by atoms with van der Waals surface area (Å²) in [6.45, 7) is 9.20. The van der Waals surface area contributed by atoms with E-state index in [0.717, 1.165) is 43.2 Å². The number of oxime groups is 1. The van der Waals surface area contributed by atoms with Gasteiger partial charge in [-0.1, -0.05) is 88.3 Å². The van der Waals surface area contributed by atoms with Crippen LogP contribution in [0.2, 0.25) is 5.02 Å². The monoisotopic (exact) mass is 758 g/mol. The second-order valence-electron chi connectivity index (χ2n) is 16.1. The van der Waals surface area contributed by atoms with Crippen LogP contribution in [-0.4, -0.2) is 70.3 Å². The highest BCUT2D eigenvalue weighted by Gasteiger charge is 2.55. The molecular weight excluding hydrogens is 708 g/mol. The number of halogens is 1. The molecule has 13 heteroatoms. The Morgan fingerprint density at radius 3 is 2.48 bits per heavy atom. The Hall–Kier alpha value is -4.76. The highest BCUT2D eigenvalue weighted by Crippen LogP contribution is 2.40. The molecule has 0 bridgehead atoms. The Labute approximate surface area is 322 Å². The van der Waals surface area contributed by atoms with Gasteiger partial charge in [-0.05, 0) is 67.3 Å². The van der Waals surface area contributed by atoms with Crippen molar-refractivity contribution in [2.45, 2.75) is 123 Å². The SMILES string of the molecule is CCC[C@H](NC(=O)[C@@H]1C[C@]2(CC(c3cccc(Cl)c3)=NO2)CN1C(=O)[C@@H](NC(=O)CC1CCCCC1)C(C)(C)C)C(=O)C(=O)Nc1ccc(C)c(C#N)c1. The third kappa shape index (κ3) is 9.66. The average Bonchev–Trinajstić information content (AvgIpc) is 3.74. The molecule has 1 aliphatic carbocycles. The maximum Gasteiger partial charge on any atom is 0.293 e. The van der Waals surface area contributed by atoms with Gasteiger partial charge in [0, 0.05) is 35.5 Å². The van der Waals surface area contributed by atoms with Crippen molar-refractivity contribution >= 4 is 52.4 Å². The van der Waals surface area contributed by atoms with Crippen molar-refractivity contribution in [1.82, 2.24) is 15.5 Å². The van der Waals surface area contributed by atoms with Gasteiger partial charge in [0.2, 0.25) is 23.5 Å². The first-order valence-electron chi connectivity index (χ1n) is 18.9. The number of benzene rings is 2. The molecule has 2 heterocycles. The molecule has 4 atom stereocenters. The predicted octanol–water partition coefficient (Wildman–Crippen LogP) is 5.98. The van der Waals surface area contributed by atoms with E-state index in [9.17, 15) is 29.2 Å². The molecule has 1 spiro atoms. The fourth-order valence-electron chi connectivity index (χ4n) is 7.64. The maximum atomic E-state index is 14.7. The molecule has 1 saturated heterocycles. The molecule has 2 aromatic rings. The van der Waals surface area contributed by atoms with E-state index in [4.69, 9.17) is 16.4 Å². The summed E-state index contributed by atoms with van der Waals surface area (Å²) in [5.41, 5.74) is 0.951. The fraction of sp³-hybridized carbons (Fsp3) is 0.537. The first-order chi connectivity index (χ1) is 25.6. The Bertz CT molecular complexity index is 1840. The number of likely N-dealkylation sites (tertiary alicyclic amines) is 1. The minimum atomic E-state index is -1.19. The predicted molar refractivity (Wildman–Crippen MR) is 205 cm³/mol. The molecule has 0 aromatic heterocycles. The van der Waals surface area contributed by atoms with Crippen molar-refractivity contribution in [3.05, 3.63) is 64.2 Å². The molecule has 54 heavy (non-hydrogen) atoms. The van der Waals surface area contributed by atoms with E-state index in [-0.39, 0.29) is 43.3 Å². The van der Waals surface area contributed by atoms with Gasteiger partial charge in [-0.2, -0.15) is 5.26 Å². The number of nitrogens with one attached hydrogen (secondary N) is 3. The number of ketones is 1. The first-order valence-corrected chi connectivity index (χ1v) is 19.3. The Balaban J connectivity index is 1.39. The van der Waals surface area contributed by atoms with E-state index in [1.54, 1.807) is 37.3 Å². The summed E-state index contributed by atoms with van der Waals surface area (Å²) in [5, 5.41) is 22.7. The maximum absolute atomic E-state index is 14.7. The van der Waals surface area contributed by atoms with E-state index < -0.39 is 52.6 Å². The van der Waals surface area contributed by atoms with E-state index in [1.807, 2.05) is 33.8 Å². The van der Waals surface area contributed by atoms with E-state index in [2.05, 4.69) is 27.2 Å². The Morgan fingerprint density at radius 2 is 1.81 bits per heavy atom. The van der Waals surface area contributed by atoms with Crippen LogP contribution in [0.3, 0.4) is 0 Å². The van der Waals surface area contributed by atoms with E-state index in [0.29, 0.717) is 29.1 Å². The molecule has 12 nitrogen and oxygen atoms in total. The van der Waals surface area contributed by atoms with Crippen LogP contribution in [0, 0.1) is 29.6 Å². The smallest absolute Gasteiger partial charge is 0.293 e. The number of carbonyl (C=O) groups is 5. The van der Waals surface area contributed by atoms with Crippen molar-refractivity contribution in [1.29, 1.82) is 5.26 Å². The summed E-state index contributed by atoms with van der Waals surface area (Å²) in [6, 6.07) is 10.7. The van der Waals surface area contributed by atoms with Gasteiger partial charge in [0.25, 0.3) is 5.91 Å². The van der Waals surface area contributed by atoms with Crippen LogP contribution in [0.25, 0.3) is 0 Å². The molecule has 4 amide bonds. The average molecular weight is 759 g/mol. The summed E-state index contributed by atoms with van der Waals surface area (Å²) in [4.78, 5) is 76.7. The lowest BCUT2D eigenvalue weighted by Crippen LogP contribution is -2.59. The molecule has 2 fully saturated rings. The number of hydrogen-bond donors (Lipinski definition) is 3. The van der Waals surface area contributed by atoms with Crippen molar-refractivity contribution in [3.8, 4) is 6.07 Å². The summed E-state index contributed by atoms with van der Waals surface area (Å²) in [6.07, 6.45) is 6.62. The zero-order chi connectivity index (χ0) is 39.2. The van der Waals surface area contributed by atoms with Crippen molar-refractivity contribution in [2.75, 3.05) is 11.9 Å². The van der Waals surface area contributed by atoms with Gasteiger partial charge in [-0.3, -0.25) is 24.0 Å². The van der Waals surface area contributed by atoms with Crippen LogP contribution in [-0.2, 0) is 28.8 Å². The van der Waals surface area contributed by atoms with Crippen LogP contribution >= 0.6 is 11.6 Å². The van der Waals surface area contributed by atoms with Crippen LogP contribution in [0.1, 0.15) is 109 Å². The number of hydrogen-bond acceptors (Lipinski definition) is 8. The molecule has 1 saturated carbocycles. The highest BCUT2D eigenvalue weighted by molar-refractivity contribution is 6.42. The number of anilines is 1. The molecule has 2 aliphatic heterocycles. The molecule has 3 aliphatic rings. The summed E-state index contributed by atoms with van der Waals surface area (Å²) in [5.74, 6) is -2.81. The zero-order valence-corrected chi connectivity index (χ0v) is 32.6. The quantitative estimate of drug-likeness (QED) is 0.224. The lowest BCUT2D eigenvalue weighted by atomic mass is 9.84. The molecular formula is C41H51ClN6O6. The fourth-order valence-corrected chi connectivity index (χ4v) is 7.83. The number of Topliss-reactive ketones (excluding diaryl/α,β-unsaturated/α-hetero) is 1. The molecule has 0 radical (unpaired) electrons. The van der Waals surface area contributed by atoms with Crippen molar-refractivity contribution in [3.63, 3.8) is 0 Å². The summed E-state index contributed by atoms with van der Waals surface area (Å²) < 4.78 is 0. The molecule has 3 N–H and O–H groups in total. The van der Waals surface area contributed by atoms with Crippen LogP contribution < -0.4 is 16.0 Å². The van der Waals surface area contributed by atoms with Gasteiger partial charge in [0.05, 0.1) is 29.9 Å². The summed E-state index contributed by atoms with van der Waals surface area (Å²) in [7, 11) is 0. The standard InChI is InChI=1S/C41H51ClN6O6/c1-6-11-31(35(50)38(52)44-30-17-16-25(2)28(20-30)23-43)45-37(51)33-22-41(21-32(47-54-41)27-14-10-15-29(42)19-27)24-48(33)39(53)36(40(3,4)5)46-34(49)18-26-12-8-7-9-13-26/h10,14-17,19-20,26,31,33,36H,6-9,11-13,18,21-22,24H2,1-5H3,(H,44,52)(H,45,51)(H,46,49)/t31-,33-,36+,41+/m0/s1. The van der Waals surface area contributed by atoms with Crippen LogP contribution in [0.4, 0.5) is 5.69 Å². The number of nitrogens with zero attached hydrogens (tertiary/aromatic N) is 3. The number of nitriles is 1. The first kappa shape index (κ1) is 40.4. The zero-order valence-electron chi connectivity index (χ0n) is 31.8. The summed E-state index contributed by atoms with van der Waals surface area (Å²) >= 11 is 6.27. The lowest BCUT2D eigenvalue weighted by Gasteiger charge is -2.36. The lowest BCUT2D eigenvalue weighted by molar-refractivity contribution is -0.145. The van der Waals surface area contributed by atoms with Gasteiger partial charge in [-0.15, -0.1) is 0 Å². The van der Waals surface area contributed by atoms with Crippen LogP contribution in [0.5, 0.6) is 0 Å². The number of rotatable bonds is 12. The third-order valence-electron chi connectivity index (χ3n) is 10.6. The molecule has 5 rings (SSSR count). The van der Waals surface area contributed by atoms with Gasteiger partial charge < -0.3 is 25.7 Å². The topological polar surface area (TPSA) is 170 Å². The highest BCUT2D eigenvalue weighted by atomic mass is 35.5. The van der Waals surface area contributed by atoms with E-state index >= 15 is 0 Å². The van der Waals surface area contributed by atoms with Gasteiger partial charge >= 0.3 is 0 Å². The second kappa shape index (κ2) is 17.1. The van der Waals surface area contributed by atoms with Gasteiger partial charge in [-0.25, -0.2) is 0 Å². The largest absolute Gasteiger partial charge is 0.387 e. The van der Waals surface area contributed by atoms with Gasteiger partial charge in [0.1, 0.15) is 12.1 Å². The number of amides is 4. The minimum absolute atomic E-state index is 0.00406. The third-order valence-corrected chi connectivity index (χ3v) is 10.9. The second-order valence-corrected chi connectivity index (χ2v) is 16.5. The molecule has 2 aromatic carbocycles.